The average molecular weight is 584 g/mol. The maximum atomic E-state index is 13.4. The third-order valence-electron chi connectivity index (χ3n) is 6.72. The first-order valence-corrected chi connectivity index (χ1v) is 14.3. The number of thioether (sulfide) groups is 1. The predicted octanol–water partition coefficient (Wildman–Crippen LogP) is 6.42. The average Bonchev–Trinajstić information content (AvgIpc) is 3.40. The van der Waals surface area contributed by atoms with Crippen LogP contribution in [0.1, 0.15) is 36.1 Å². The van der Waals surface area contributed by atoms with Crippen LogP contribution in [0, 0.1) is 5.82 Å². The lowest BCUT2D eigenvalue weighted by Gasteiger charge is -2.36. The Hall–Kier alpha value is -4.63. The number of nitrogens with zero attached hydrogens (tertiary/aromatic N) is 2. The summed E-state index contributed by atoms with van der Waals surface area (Å²) in [7, 11) is 0. The van der Waals surface area contributed by atoms with Crippen molar-refractivity contribution < 1.29 is 23.5 Å². The van der Waals surface area contributed by atoms with E-state index in [-0.39, 0.29) is 31.3 Å². The number of carbonyl (C=O) groups is 2. The highest BCUT2D eigenvalue weighted by Gasteiger charge is 2.41. The van der Waals surface area contributed by atoms with Crippen LogP contribution in [0.5, 0.6) is 5.75 Å². The summed E-state index contributed by atoms with van der Waals surface area (Å²) >= 11 is 1.40. The van der Waals surface area contributed by atoms with Gasteiger partial charge in [-0.25, -0.2) is 14.2 Å². The van der Waals surface area contributed by atoms with Gasteiger partial charge in [-0.2, -0.15) is 0 Å². The van der Waals surface area contributed by atoms with Crippen LogP contribution >= 0.6 is 11.8 Å². The van der Waals surface area contributed by atoms with E-state index in [1.165, 1.54) is 30.0 Å². The molecule has 0 radical (unpaired) electrons. The fourth-order valence-corrected chi connectivity index (χ4v) is 5.67. The van der Waals surface area contributed by atoms with Crippen LogP contribution in [0.25, 0.3) is 0 Å². The van der Waals surface area contributed by atoms with E-state index in [0.717, 1.165) is 16.7 Å². The molecule has 0 aromatic heterocycles. The minimum absolute atomic E-state index is 0.0575. The number of ether oxygens (including phenoxy) is 2. The number of hydrogen-bond donors (Lipinski definition) is 1. The van der Waals surface area contributed by atoms with Gasteiger partial charge in [-0.1, -0.05) is 79.0 Å². The van der Waals surface area contributed by atoms with E-state index in [9.17, 15) is 14.0 Å². The predicted molar refractivity (Wildman–Crippen MR) is 162 cm³/mol. The summed E-state index contributed by atoms with van der Waals surface area (Å²) in [4.78, 5) is 33.0. The minimum atomic E-state index is -0.596. The number of fused-ring (bicyclic) bond motifs is 1. The SMILES string of the molecule is C=CCOC(=O)C1=C(C)N=C2SC=C(CC(=O)NCc3ccc(F)cc3)N2C1c1cccc(OCc2ccccc2)c1. The Bertz CT molecular complexity index is 1570. The standard InChI is InChI=1S/C33H30FN3O4S/c1-3-16-40-32(39)30-22(2)36-33-37(27(21-42-33)18-29(38)35-19-23-12-14-26(34)15-13-23)31(30)25-10-7-11-28(17-25)41-20-24-8-5-4-6-9-24/h3-15,17,21,31H,1,16,18-20H2,2H3,(H,35,38). The second-order valence-electron chi connectivity index (χ2n) is 9.71. The summed E-state index contributed by atoms with van der Waals surface area (Å²) in [5.41, 5.74) is 4.22. The van der Waals surface area contributed by atoms with Crippen molar-refractivity contribution in [3.05, 3.63) is 136 Å². The van der Waals surface area contributed by atoms with Gasteiger partial charge in [-0.05, 0) is 53.3 Å². The molecule has 2 aliphatic heterocycles. The van der Waals surface area contributed by atoms with Crippen molar-refractivity contribution >= 4 is 28.8 Å². The number of rotatable bonds is 11. The molecule has 0 spiro atoms. The largest absolute Gasteiger partial charge is 0.489 e. The topological polar surface area (TPSA) is 80.2 Å². The number of amides is 1. The van der Waals surface area contributed by atoms with E-state index in [1.807, 2.05) is 64.9 Å². The Morgan fingerprint density at radius 2 is 1.86 bits per heavy atom. The summed E-state index contributed by atoms with van der Waals surface area (Å²) in [5.74, 6) is -0.409. The highest BCUT2D eigenvalue weighted by atomic mass is 32.2. The molecule has 3 aromatic carbocycles. The van der Waals surface area contributed by atoms with Crippen molar-refractivity contribution in [3.63, 3.8) is 0 Å². The van der Waals surface area contributed by atoms with Crippen LogP contribution in [-0.4, -0.2) is 28.6 Å². The number of esters is 1. The number of aliphatic imine (C=N–C) groups is 1. The molecule has 214 valence electrons. The fraction of sp³-hybridized carbons (Fsp3) is 0.182. The molecule has 2 aliphatic rings. The lowest BCUT2D eigenvalue weighted by Crippen LogP contribution is -2.38. The molecular formula is C33H30FN3O4S. The van der Waals surface area contributed by atoms with Crippen molar-refractivity contribution in [1.82, 2.24) is 10.2 Å². The van der Waals surface area contributed by atoms with Gasteiger partial charge < -0.3 is 19.7 Å². The van der Waals surface area contributed by atoms with Crippen molar-refractivity contribution in [2.24, 2.45) is 4.99 Å². The number of hydrogen-bond acceptors (Lipinski definition) is 7. The molecule has 1 unspecified atom stereocenters. The van der Waals surface area contributed by atoms with Crippen LogP contribution in [0.15, 0.2) is 119 Å². The fourth-order valence-electron chi connectivity index (χ4n) is 4.70. The van der Waals surface area contributed by atoms with Crippen molar-refractivity contribution in [2.75, 3.05) is 6.61 Å². The van der Waals surface area contributed by atoms with Gasteiger partial charge in [0.25, 0.3) is 0 Å². The summed E-state index contributed by atoms with van der Waals surface area (Å²) in [5, 5.41) is 5.44. The first-order valence-electron chi connectivity index (χ1n) is 13.4. The number of halogens is 1. The highest BCUT2D eigenvalue weighted by molar-refractivity contribution is 8.16. The first kappa shape index (κ1) is 28.9. The molecule has 42 heavy (non-hydrogen) atoms. The quantitative estimate of drug-likeness (QED) is 0.207. The second-order valence-corrected chi connectivity index (χ2v) is 10.5. The molecule has 9 heteroatoms. The summed E-state index contributed by atoms with van der Waals surface area (Å²) in [6, 6.07) is 22.8. The van der Waals surface area contributed by atoms with Gasteiger partial charge in [-0.15, -0.1) is 0 Å². The Labute approximate surface area is 248 Å². The monoisotopic (exact) mass is 583 g/mol. The molecule has 0 saturated heterocycles. The van der Waals surface area contributed by atoms with E-state index in [1.54, 1.807) is 19.1 Å². The lowest BCUT2D eigenvalue weighted by atomic mass is 9.93. The van der Waals surface area contributed by atoms with E-state index in [0.29, 0.717) is 34.5 Å². The molecule has 0 aliphatic carbocycles. The molecule has 1 amide bonds. The summed E-state index contributed by atoms with van der Waals surface area (Å²) in [6.07, 6.45) is 1.57. The van der Waals surface area contributed by atoms with Gasteiger partial charge in [0.2, 0.25) is 5.91 Å². The van der Waals surface area contributed by atoms with Crippen LogP contribution < -0.4 is 10.1 Å². The first-order chi connectivity index (χ1) is 20.4. The summed E-state index contributed by atoms with van der Waals surface area (Å²) < 4.78 is 24.8. The molecule has 3 aromatic rings. The van der Waals surface area contributed by atoms with Crippen molar-refractivity contribution in [1.29, 1.82) is 0 Å². The van der Waals surface area contributed by atoms with E-state index < -0.39 is 12.0 Å². The smallest absolute Gasteiger partial charge is 0.338 e. The number of amidine groups is 1. The normalized spacial score (nSPS) is 15.9. The van der Waals surface area contributed by atoms with Gasteiger partial charge in [0.1, 0.15) is 24.8 Å². The number of benzene rings is 3. The van der Waals surface area contributed by atoms with Gasteiger partial charge in [0, 0.05) is 12.2 Å². The Morgan fingerprint density at radius 1 is 1.07 bits per heavy atom. The van der Waals surface area contributed by atoms with Crippen LogP contribution in [-0.2, 0) is 27.5 Å². The van der Waals surface area contributed by atoms with E-state index >= 15 is 0 Å². The highest BCUT2D eigenvalue weighted by Crippen LogP contribution is 2.45. The van der Waals surface area contributed by atoms with Gasteiger partial charge in [-0.3, -0.25) is 4.79 Å². The van der Waals surface area contributed by atoms with E-state index in [4.69, 9.17) is 14.5 Å². The molecule has 7 nitrogen and oxygen atoms in total. The zero-order chi connectivity index (χ0) is 29.5. The number of carbonyl (C=O) groups excluding carboxylic acids is 2. The number of allylic oxidation sites excluding steroid dienone is 1. The van der Waals surface area contributed by atoms with Gasteiger partial charge >= 0.3 is 5.97 Å². The second kappa shape index (κ2) is 13.4. The van der Waals surface area contributed by atoms with Gasteiger partial charge in [0.15, 0.2) is 5.17 Å². The molecule has 1 N–H and O–H groups in total. The number of nitrogens with one attached hydrogen (secondary N) is 1. The van der Waals surface area contributed by atoms with Crippen molar-refractivity contribution in [3.8, 4) is 5.75 Å². The van der Waals surface area contributed by atoms with Crippen LogP contribution in [0.2, 0.25) is 0 Å². The molecule has 5 rings (SSSR count). The zero-order valence-electron chi connectivity index (χ0n) is 23.1. The molecule has 0 bridgehead atoms. The maximum Gasteiger partial charge on any atom is 0.338 e. The third-order valence-corrected chi connectivity index (χ3v) is 7.61. The molecule has 1 atom stereocenters. The van der Waals surface area contributed by atoms with Crippen LogP contribution in [0.4, 0.5) is 4.39 Å². The Kier molecular flexibility index (Phi) is 9.18. The molecule has 0 saturated carbocycles. The Morgan fingerprint density at radius 3 is 2.62 bits per heavy atom. The maximum absolute atomic E-state index is 13.4. The third kappa shape index (κ3) is 6.80. The summed E-state index contributed by atoms with van der Waals surface area (Å²) in [6.45, 7) is 6.15. The van der Waals surface area contributed by atoms with Crippen molar-refractivity contribution in [2.45, 2.75) is 32.5 Å². The van der Waals surface area contributed by atoms with E-state index in [2.05, 4.69) is 11.9 Å². The molecule has 0 fully saturated rings. The van der Waals surface area contributed by atoms with Crippen LogP contribution in [0.3, 0.4) is 0 Å². The Balaban J connectivity index is 1.40. The van der Waals surface area contributed by atoms with Gasteiger partial charge in [0.05, 0.1) is 23.7 Å². The molecular weight excluding hydrogens is 553 g/mol. The molecule has 2 heterocycles. The lowest BCUT2D eigenvalue weighted by molar-refractivity contribution is -0.138. The zero-order valence-corrected chi connectivity index (χ0v) is 23.9. The minimum Gasteiger partial charge on any atom is -0.489 e.